The molecule has 5 saturated carbocycles. The van der Waals surface area contributed by atoms with E-state index >= 15 is 0 Å². The van der Waals surface area contributed by atoms with Crippen molar-refractivity contribution in [2.75, 3.05) is 0 Å². The molecule has 0 aliphatic heterocycles. The highest BCUT2D eigenvalue weighted by Gasteiger charge is 2.72. The number of fused-ring (bicyclic) bond motifs is 7. The molecule has 5 fully saturated rings. The van der Waals surface area contributed by atoms with Crippen molar-refractivity contribution >= 4 is 12.0 Å². The first-order chi connectivity index (χ1) is 20.8. The molecule has 44 heavy (non-hydrogen) atoms. The van der Waals surface area contributed by atoms with Crippen LogP contribution in [0.25, 0.3) is 0 Å². The summed E-state index contributed by atoms with van der Waals surface area (Å²) in [5, 5.41) is 8.32. The summed E-state index contributed by atoms with van der Waals surface area (Å²) in [6.07, 6.45) is 15.8. The van der Waals surface area contributed by atoms with E-state index in [0.29, 0.717) is 29.6 Å². The highest BCUT2D eigenvalue weighted by molar-refractivity contribution is 5.85. The van der Waals surface area contributed by atoms with Gasteiger partial charge >= 0.3 is 6.09 Å². The van der Waals surface area contributed by atoms with Crippen LogP contribution in [0.4, 0.5) is 4.79 Å². The van der Waals surface area contributed by atoms with Gasteiger partial charge in [0.15, 0.2) is 0 Å². The van der Waals surface area contributed by atoms with E-state index in [1.54, 1.807) is 6.33 Å². The van der Waals surface area contributed by atoms with E-state index in [-0.39, 0.29) is 39.1 Å². The van der Waals surface area contributed by atoms with Crippen LogP contribution in [0.2, 0.25) is 0 Å². The maximum absolute atomic E-state index is 14.3. The molecule has 0 amide bonds. The minimum Gasteiger partial charge on any atom is -0.444 e. The molecule has 0 spiro atoms. The molecule has 0 bridgehead atoms. The maximum Gasteiger partial charge on any atom is 0.436 e. The first kappa shape index (κ1) is 29.8. The second kappa shape index (κ2) is 9.83. The van der Waals surface area contributed by atoms with E-state index in [9.17, 15) is 9.59 Å². The molecule has 0 N–H and O–H groups in total. The molecule has 5 aliphatic rings. The van der Waals surface area contributed by atoms with Crippen molar-refractivity contribution in [3.63, 3.8) is 0 Å². The number of allylic oxidation sites excluding steroid dienone is 1. The van der Waals surface area contributed by atoms with Gasteiger partial charge in [0, 0.05) is 5.41 Å². The number of nitrogens with zero attached hydrogens (tertiary/aromatic N) is 6. The third-order valence-electron chi connectivity index (χ3n) is 14.9. The number of aromatic nitrogens is 6. The van der Waals surface area contributed by atoms with E-state index < -0.39 is 6.09 Å². The van der Waals surface area contributed by atoms with Crippen molar-refractivity contribution in [2.45, 2.75) is 112 Å². The fourth-order valence-corrected chi connectivity index (χ4v) is 12.7. The first-order valence-electron chi connectivity index (χ1n) is 16.9. The summed E-state index contributed by atoms with van der Waals surface area (Å²) in [7, 11) is 0. The minimum absolute atomic E-state index is 0.138. The van der Waals surface area contributed by atoms with Crippen LogP contribution in [0.3, 0.4) is 0 Å². The lowest BCUT2D eigenvalue weighted by molar-refractivity contribution is -0.244. The number of ether oxygens (including phenoxy) is 1. The van der Waals surface area contributed by atoms with Gasteiger partial charge in [-0.1, -0.05) is 46.8 Å². The van der Waals surface area contributed by atoms with Crippen LogP contribution in [-0.2, 0) is 4.74 Å². The molecule has 2 aromatic heterocycles. The largest absolute Gasteiger partial charge is 0.444 e. The van der Waals surface area contributed by atoms with Gasteiger partial charge in [-0.3, -0.25) is 4.79 Å². The fourth-order valence-electron chi connectivity index (χ4n) is 12.7. The zero-order chi connectivity index (χ0) is 31.3. The van der Waals surface area contributed by atoms with Gasteiger partial charge in [0.2, 0.25) is 0 Å². The van der Waals surface area contributed by atoms with Gasteiger partial charge in [0.05, 0.1) is 5.41 Å². The van der Waals surface area contributed by atoms with Gasteiger partial charge in [-0.05, 0) is 117 Å². The Morgan fingerprint density at radius 2 is 1.50 bits per heavy atom. The quantitative estimate of drug-likeness (QED) is 0.342. The van der Waals surface area contributed by atoms with E-state index in [2.05, 4.69) is 68.3 Å². The van der Waals surface area contributed by atoms with E-state index in [1.807, 2.05) is 0 Å². The predicted molar refractivity (Wildman–Crippen MR) is 165 cm³/mol. The monoisotopic (exact) mass is 602 g/mol. The lowest BCUT2D eigenvalue weighted by Crippen LogP contribution is -2.67. The molecule has 9 nitrogen and oxygen atoms in total. The average Bonchev–Trinajstić information content (AvgIpc) is 3.76. The molecule has 0 radical (unpaired) electrons. The SMILES string of the molecule is C=C(C)[C@@H]1CC[C@]2(C(=O)n3cncn3)CC[C@]3(C)C(CCC4[C@@]5(C)CC[C@H](OC(=O)n6cncn6)C(C)(C)C5CC[C@]43C)C12. The highest BCUT2D eigenvalue weighted by Crippen LogP contribution is 2.77. The predicted octanol–water partition coefficient (Wildman–Crippen LogP) is 7.22. The Morgan fingerprint density at radius 3 is 2.16 bits per heavy atom. The summed E-state index contributed by atoms with van der Waals surface area (Å²) in [6, 6.07) is 0. The van der Waals surface area contributed by atoms with Crippen LogP contribution in [0, 0.1) is 56.7 Å². The standard InChI is InChI=1S/C35H50N6O3/c1-22(2)23-10-15-35(29(42)40-20-36-18-38-40)17-16-33(6)24(28(23)35)8-9-26-32(5)13-12-27(44-30(43)41-21-37-19-39-41)31(3,4)25(32)11-14-34(26,33)7/h18-21,23-28H,1,8-17H2,2-7H3/t23-,24?,25?,26?,27-,28?,32-,33+,34+,35-/m0/s1. The van der Waals surface area contributed by atoms with Gasteiger partial charge < -0.3 is 4.74 Å². The Morgan fingerprint density at radius 1 is 0.795 bits per heavy atom. The molecule has 4 unspecified atom stereocenters. The van der Waals surface area contributed by atoms with E-state index in [4.69, 9.17) is 4.74 Å². The van der Waals surface area contributed by atoms with Crippen LogP contribution >= 0.6 is 0 Å². The Labute approximate surface area is 261 Å². The second-order valence-electron chi connectivity index (χ2n) is 16.6. The maximum atomic E-state index is 14.3. The number of carbonyl (C=O) groups excluding carboxylic acids is 2. The van der Waals surface area contributed by atoms with Crippen molar-refractivity contribution < 1.29 is 14.3 Å². The molecular formula is C35H50N6O3. The van der Waals surface area contributed by atoms with Crippen LogP contribution in [0.5, 0.6) is 0 Å². The summed E-state index contributed by atoms with van der Waals surface area (Å²) >= 11 is 0. The molecule has 10 atom stereocenters. The van der Waals surface area contributed by atoms with Crippen LogP contribution in [-0.4, -0.2) is 47.6 Å². The number of carbonyl (C=O) groups is 2. The van der Waals surface area contributed by atoms with Crippen molar-refractivity contribution in [1.29, 1.82) is 0 Å². The molecule has 9 heteroatoms. The van der Waals surface area contributed by atoms with Crippen molar-refractivity contribution in [2.24, 2.45) is 56.7 Å². The highest BCUT2D eigenvalue weighted by atomic mass is 16.6. The molecule has 0 saturated heterocycles. The lowest BCUT2D eigenvalue weighted by atomic mass is 9.32. The molecule has 238 valence electrons. The molecule has 5 aliphatic carbocycles. The number of hydrogen-bond donors (Lipinski definition) is 0. The Balaban J connectivity index is 1.20. The summed E-state index contributed by atoms with van der Waals surface area (Å²) in [4.78, 5) is 35.2. The Bertz CT molecular complexity index is 1450. The normalized spacial score (nSPS) is 44.0. The molecule has 0 aromatic carbocycles. The third kappa shape index (κ3) is 3.82. The fraction of sp³-hybridized carbons (Fsp3) is 0.771. The van der Waals surface area contributed by atoms with Crippen molar-refractivity contribution in [3.8, 4) is 0 Å². The average molecular weight is 603 g/mol. The van der Waals surface area contributed by atoms with Crippen molar-refractivity contribution in [1.82, 2.24) is 29.5 Å². The Hall–Kier alpha value is -2.84. The van der Waals surface area contributed by atoms with E-state index in [0.717, 1.165) is 51.4 Å². The van der Waals surface area contributed by atoms with Gasteiger partial charge in [0.1, 0.15) is 31.4 Å². The second-order valence-corrected chi connectivity index (χ2v) is 16.6. The summed E-state index contributed by atoms with van der Waals surface area (Å²) in [5.41, 5.74) is 1.17. The number of hydrogen-bond acceptors (Lipinski definition) is 7. The third-order valence-corrected chi connectivity index (χ3v) is 14.9. The van der Waals surface area contributed by atoms with Gasteiger partial charge in [-0.25, -0.2) is 14.8 Å². The molecular weight excluding hydrogens is 552 g/mol. The number of rotatable bonds is 3. The van der Waals surface area contributed by atoms with Gasteiger partial charge in [0.25, 0.3) is 5.91 Å². The minimum atomic E-state index is -0.437. The van der Waals surface area contributed by atoms with E-state index in [1.165, 1.54) is 46.8 Å². The summed E-state index contributed by atoms with van der Waals surface area (Å²) < 4.78 is 8.84. The van der Waals surface area contributed by atoms with Crippen LogP contribution in [0.15, 0.2) is 37.5 Å². The van der Waals surface area contributed by atoms with Crippen LogP contribution in [0.1, 0.15) is 111 Å². The molecule has 2 heterocycles. The first-order valence-corrected chi connectivity index (χ1v) is 16.9. The zero-order valence-corrected chi connectivity index (χ0v) is 27.5. The van der Waals surface area contributed by atoms with Gasteiger partial charge in [-0.2, -0.15) is 14.5 Å². The summed E-state index contributed by atoms with van der Waals surface area (Å²) in [5.74, 6) is 2.33. The van der Waals surface area contributed by atoms with Gasteiger partial charge in [-0.15, -0.1) is 5.10 Å². The smallest absolute Gasteiger partial charge is 0.436 e. The molecule has 7 rings (SSSR count). The van der Waals surface area contributed by atoms with Crippen LogP contribution < -0.4 is 0 Å². The molecule has 2 aromatic rings. The lowest BCUT2D eigenvalue weighted by Gasteiger charge is -2.72. The summed E-state index contributed by atoms with van der Waals surface area (Å²) in [6.45, 7) is 19.1. The Kier molecular flexibility index (Phi) is 6.67. The van der Waals surface area contributed by atoms with Crippen molar-refractivity contribution in [3.05, 3.63) is 37.5 Å². The zero-order valence-electron chi connectivity index (χ0n) is 27.5. The topological polar surface area (TPSA) is 105 Å².